The van der Waals surface area contributed by atoms with Crippen LogP contribution in [0.1, 0.15) is 47.6 Å². The molecule has 2 N–H and O–H groups in total. The number of carboxylic acid groups (broad SMARTS) is 1. The zero-order valence-electron chi connectivity index (χ0n) is 19.5. The maximum absolute atomic E-state index is 13.3. The summed E-state index contributed by atoms with van der Waals surface area (Å²) in [6, 6.07) is 11.6. The van der Waals surface area contributed by atoms with Crippen molar-refractivity contribution in [1.29, 1.82) is 0 Å². The molecule has 35 heavy (non-hydrogen) atoms. The third kappa shape index (κ3) is 5.21. The topological polar surface area (TPSA) is 99.9 Å². The maximum atomic E-state index is 13.3. The predicted molar refractivity (Wildman–Crippen MR) is 127 cm³/mol. The van der Waals surface area contributed by atoms with Gasteiger partial charge >= 0.3 is 5.97 Å². The second kappa shape index (κ2) is 10.1. The summed E-state index contributed by atoms with van der Waals surface area (Å²) >= 11 is 0. The highest BCUT2D eigenvalue weighted by Gasteiger charge is 2.28. The zero-order valence-corrected chi connectivity index (χ0v) is 19.5. The SMILES string of the molecule is O=C(/N=c1\[nH]c2ccc(CN3CCOCC3)cc2n1[C@H]1CC[C@@H](C(=O)O)CC1)c1ccc(F)cc1. The minimum atomic E-state index is -0.753. The van der Waals surface area contributed by atoms with Crippen LogP contribution in [-0.2, 0) is 16.1 Å². The quantitative estimate of drug-likeness (QED) is 0.582. The van der Waals surface area contributed by atoms with Crippen molar-refractivity contribution in [3.05, 3.63) is 65.0 Å². The second-order valence-electron chi connectivity index (χ2n) is 9.33. The Morgan fingerprint density at radius 2 is 1.77 bits per heavy atom. The van der Waals surface area contributed by atoms with Gasteiger partial charge in [-0.05, 0) is 67.6 Å². The summed E-state index contributed by atoms with van der Waals surface area (Å²) in [5.41, 5.74) is 3.69. The number of aliphatic carboxylic acids is 1. The number of rotatable bonds is 5. The molecular weight excluding hydrogens is 451 g/mol. The van der Waals surface area contributed by atoms with Crippen LogP contribution in [0.3, 0.4) is 0 Å². The van der Waals surface area contributed by atoms with Gasteiger partial charge in [0.05, 0.1) is 30.2 Å². The molecule has 3 aromatic rings. The van der Waals surface area contributed by atoms with Gasteiger partial charge in [0.1, 0.15) is 5.82 Å². The van der Waals surface area contributed by atoms with E-state index in [1.807, 2.05) is 6.07 Å². The van der Waals surface area contributed by atoms with Crippen molar-refractivity contribution in [2.45, 2.75) is 38.3 Å². The molecule has 8 nitrogen and oxygen atoms in total. The lowest BCUT2D eigenvalue weighted by atomic mass is 9.86. The van der Waals surface area contributed by atoms with Gasteiger partial charge in [-0.1, -0.05) is 6.07 Å². The van der Waals surface area contributed by atoms with Crippen molar-refractivity contribution >= 4 is 22.9 Å². The number of nitrogens with one attached hydrogen (secondary N) is 1. The summed E-state index contributed by atoms with van der Waals surface area (Å²) in [4.78, 5) is 34.4. The molecule has 2 aromatic carbocycles. The van der Waals surface area contributed by atoms with Gasteiger partial charge in [-0.3, -0.25) is 14.5 Å². The number of carboxylic acids is 1. The number of benzene rings is 2. The predicted octanol–water partition coefficient (Wildman–Crippen LogP) is 3.50. The third-order valence-corrected chi connectivity index (χ3v) is 7.02. The molecule has 1 amide bonds. The number of imidazole rings is 1. The largest absolute Gasteiger partial charge is 0.481 e. The van der Waals surface area contributed by atoms with Gasteiger partial charge in [0.15, 0.2) is 0 Å². The smallest absolute Gasteiger partial charge is 0.306 e. The number of nitrogens with zero attached hydrogens (tertiary/aromatic N) is 3. The first kappa shape index (κ1) is 23.4. The number of carbonyl (C=O) groups excluding carboxylic acids is 1. The van der Waals surface area contributed by atoms with Crippen molar-refractivity contribution in [2.24, 2.45) is 10.9 Å². The molecule has 5 rings (SSSR count). The van der Waals surface area contributed by atoms with Crippen LogP contribution >= 0.6 is 0 Å². The lowest BCUT2D eigenvalue weighted by Crippen LogP contribution is -2.35. The monoisotopic (exact) mass is 480 g/mol. The van der Waals surface area contributed by atoms with Gasteiger partial charge in [-0.25, -0.2) is 4.39 Å². The Morgan fingerprint density at radius 1 is 1.06 bits per heavy atom. The molecule has 1 aliphatic carbocycles. The van der Waals surface area contributed by atoms with Gasteiger partial charge in [-0.2, -0.15) is 4.99 Å². The zero-order chi connectivity index (χ0) is 24.4. The molecule has 1 saturated heterocycles. The molecule has 184 valence electrons. The highest BCUT2D eigenvalue weighted by atomic mass is 19.1. The third-order valence-electron chi connectivity index (χ3n) is 7.02. The van der Waals surface area contributed by atoms with Crippen LogP contribution in [0.2, 0.25) is 0 Å². The van der Waals surface area contributed by atoms with Crippen molar-refractivity contribution in [3.8, 4) is 0 Å². The van der Waals surface area contributed by atoms with E-state index in [-0.39, 0.29) is 12.0 Å². The number of H-pyrrole nitrogens is 1. The Hall–Kier alpha value is -3.30. The van der Waals surface area contributed by atoms with Gasteiger partial charge in [0.2, 0.25) is 5.62 Å². The summed E-state index contributed by atoms with van der Waals surface area (Å²) in [5.74, 6) is -1.96. The number of morpholine rings is 1. The lowest BCUT2D eigenvalue weighted by Gasteiger charge is -2.28. The second-order valence-corrected chi connectivity index (χ2v) is 9.33. The van der Waals surface area contributed by atoms with E-state index >= 15 is 0 Å². The van der Waals surface area contributed by atoms with Crippen LogP contribution in [0.15, 0.2) is 47.5 Å². The summed E-state index contributed by atoms with van der Waals surface area (Å²) in [5, 5.41) is 9.42. The average Bonchev–Trinajstić information content (AvgIpc) is 3.22. The minimum Gasteiger partial charge on any atom is -0.481 e. The fourth-order valence-corrected chi connectivity index (χ4v) is 5.08. The highest BCUT2D eigenvalue weighted by molar-refractivity contribution is 5.94. The molecule has 1 saturated carbocycles. The number of carbonyl (C=O) groups is 2. The van der Waals surface area contributed by atoms with Crippen molar-refractivity contribution in [2.75, 3.05) is 26.3 Å². The van der Waals surface area contributed by atoms with E-state index < -0.39 is 17.7 Å². The summed E-state index contributed by atoms with van der Waals surface area (Å²) < 4.78 is 20.8. The number of aromatic amines is 1. The van der Waals surface area contributed by atoms with E-state index in [4.69, 9.17) is 4.74 Å². The first-order valence-corrected chi connectivity index (χ1v) is 12.1. The van der Waals surface area contributed by atoms with Crippen LogP contribution < -0.4 is 5.62 Å². The average molecular weight is 481 g/mol. The molecule has 2 aliphatic rings. The fourth-order valence-electron chi connectivity index (χ4n) is 5.08. The number of amides is 1. The Morgan fingerprint density at radius 3 is 2.46 bits per heavy atom. The Bertz CT molecular complexity index is 1280. The van der Waals surface area contributed by atoms with Crippen molar-refractivity contribution < 1.29 is 23.8 Å². The molecule has 0 atom stereocenters. The van der Waals surface area contributed by atoms with E-state index in [9.17, 15) is 19.1 Å². The molecule has 2 heterocycles. The van der Waals surface area contributed by atoms with Gasteiger partial charge in [-0.15, -0.1) is 0 Å². The molecular formula is C26H29FN4O4. The van der Waals surface area contributed by atoms with E-state index in [0.29, 0.717) is 36.9 Å². The first-order valence-electron chi connectivity index (χ1n) is 12.1. The number of fused-ring (bicyclic) bond motifs is 1. The standard InChI is InChI=1S/C26H29FN4O4/c27-20-6-2-18(3-7-20)24(32)29-26-28-22-10-1-17(16-30-11-13-35-14-12-30)15-23(22)31(26)21-8-4-19(5-9-21)25(33)34/h1-3,6-7,10,15,19,21H,4-5,8-9,11-14,16H2,(H,33,34)(H,28,29,32)/t19-,21+. The molecule has 2 fully saturated rings. The molecule has 0 unspecified atom stereocenters. The molecule has 1 aliphatic heterocycles. The molecule has 0 radical (unpaired) electrons. The molecule has 0 bridgehead atoms. The fraction of sp³-hybridized carbons (Fsp3) is 0.423. The van der Waals surface area contributed by atoms with E-state index in [2.05, 4.69) is 31.6 Å². The first-order chi connectivity index (χ1) is 17.0. The Labute approximate surface area is 202 Å². The lowest BCUT2D eigenvalue weighted by molar-refractivity contribution is -0.143. The van der Waals surface area contributed by atoms with Crippen LogP contribution in [-0.4, -0.2) is 57.7 Å². The van der Waals surface area contributed by atoms with Crippen LogP contribution in [0.25, 0.3) is 11.0 Å². The Kier molecular flexibility index (Phi) is 6.79. The summed E-state index contributed by atoms with van der Waals surface area (Å²) in [6.07, 6.45) is 2.54. The van der Waals surface area contributed by atoms with Gasteiger partial charge in [0, 0.05) is 31.2 Å². The number of hydrogen-bond acceptors (Lipinski definition) is 4. The summed E-state index contributed by atoms with van der Waals surface area (Å²) in [7, 11) is 0. The van der Waals surface area contributed by atoms with Crippen LogP contribution in [0.5, 0.6) is 0 Å². The maximum Gasteiger partial charge on any atom is 0.306 e. The number of hydrogen-bond donors (Lipinski definition) is 2. The van der Waals surface area contributed by atoms with E-state index in [1.165, 1.54) is 24.3 Å². The van der Waals surface area contributed by atoms with E-state index in [0.717, 1.165) is 49.4 Å². The summed E-state index contributed by atoms with van der Waals surface area (Å²) in [6.45, 7) is 4.03. The molecule has 0 spiro atoms. The highest BCUT2D eigenvalue weighted by Crippen LogP contribution is 2.33. The molecule has 9 heteroatoms. The van der Waals surface area contributed by atoms with Crippen LogP contribution in [0.4, 0.5) is 4.39 Å². The normalized spacial score (nSPS) is 21.9. The molecule has 1 aromatic heterocycles. The van der Waals surface area contributed by atoms with Crippen molar-refractivity contribution in [3.63, 3.8) is 0 Å². The van der Waals surface area contributed by atoms with E-state index in [1.54, 1.807) is 0 Å². The minimum absolute atomic E-state index is 0.0257. The number of ether oxygens (including phenoxy) is 1. The van der Waals surface area contributed by atoms with Gasteiger partial charge < -0.3 is 19.4 Å². The number of aromatic nitrogens is 2. The number of halogens is 1. The van der Waals surface area contributed by atoms with Gasteiger partial charge in [0.25, 0.3) is 5.91 Å². The Balaban J connectivity index is 1.53. The van der Waals surface area contributed by atoms with Crippen molar-refractivity contribution in [1.82, 2.24) is 14.5 Å². The van der Waals surface area contributed by atoms with Crippen LogP contribution in [0, 0.1) is 11.7 Å².